The Balaban J connectivity index is 1.84. The molecule has 76 valence electrons. The van der Waals surface area contributed by atoms with Gasteiger partial charge in [0.25, 0.3) is 0 Å². The smallest absolute Gasteiger partial charge is 0.0220 e. The van der Waals surface area contributed by atoms with Gasteiger partial charge in [-0.3, -0.25) is 4.90 Å². The highest BCUT2D eigenvalue weighted by Gasteiger charge is 2.25. The first-order valence-electron chi connectivity index (χ1n) is 5.81. The molecule has 2 aliphatic heterocycles. The first-order chi connectivity index (χ1) is 6.36. The molecule has 2 unspecified atom stereocenters. The molecule has 2 rings (SSSR count). The minimum absolute atomic E-state index is 0.840. The lowest BCUT2D eigenvalue weighted by Crippen LogP contribution is -2.39. The van der Waals surface area contributed by atoms with Gasteiger partial charge in [0.15, 0.2) is 0 Å². The fraction of sp³-hybridized carbons (Fsp3) is 1.00. The average Bonchev–Trinajstić information content (AvgIpc) is 2.43. The van der Waals surface area contributed by atoms with Gasteiger partial charge in [-0.1, -0.05) is 13.3 Å². The molecule has 1 N–H and O–H groups in total. The predicted molar refractivity (Wildman–Crippen MR) is 55.9 cm³/mol. The van der Waals surface area contributed by atoms with Crippen LogP contribution in [0.3, 0.4) is 0 Å². The summed E-state index contributed by atoms with van der Waals surface area (Å²) in [6.45, 7) is 7.52. The van der Waals surface area contributed by atoms with E-state index >= 15 is 0 Å². The van der Waals surface area contributed by atoms with Crippen molar-refractivity contribution < 1.29 is 0 Å². The minimum atomic E-state index is 0.840. The normalized spacial score (nSPS) is 37.6. The molecule has 2 heteroatoms. The molecule has 0 amide bonds. The van der Waals surface area contributed by atoms with Crippen LogP contribution in [0, 0.1) is 5.92 Å². The van der Waals surface area contributed by atoms with Crippen LogP contribution in [0.15, 0.2) is 0 Å². The summed E-state index contributed by atoms with van der Waals surface area (Å²) in [5.41, 5.74) is 0. The van der Waals surface area contributed by atoms with Crippen LogP contribution in [0.1, 0.15) is 32.6 Å². The van der Waals surface area contributed by atoms with Crippen molar-refractivity contribution in [2.75, 3.05) is 26.2 Å². The van der Waals surface area contributed by atoms with Crippen LogP contribution < -0.4 is 5.32 Å². The molecule has 2 aliphatic rings. The molecule has 2 fully saturated rings. The molecule has 0 aliphatic carbocycles. The first kappa shape index (κ1) is 9.47. The second-order valence-corrected chi connectivity index (χ2v) is 4.74. The Hall–Kier alpha value is -0.0800. The number of hydrogen-bond donors (Lipinski definition) is 1. The van der Waals surface area contributed by atoms with Crippen molar-refractivity contribution in [2.45, 2.75) is 38.6 Å². The molecular weight excluding hydrogens is 160 g/mol. The van der Waals surface area contributed by atoms with Gasteiger partial charge < -0.3 is 5.32 Å². The number of nitrogens with one attached hydrogen (secondary N) is 1. The van der Waals surface area contributed by atoms with E-state index in [9.17, 15) is 0 Å². The van der Waals surface area contributed by atoms with Crippen molar-refractivity contribution >= 4 is 0 Å². The molecular formula is C11H22N2. The van der Waals surface area contributed by atoms with Crippen LogP contribution in [-0.4, -0.2) is 37.1 Å². The largest absolute Gasteiger partial charge is 0.315 e. The lowest BCUT2D eigenvalue weighted by Gasteiger charge is -2.26. The minimum Gasteiger partial charge on any atom is -0.315 e. The fourth-order valence-electron chi connectivity index (χ4n) is 2.61. The summed E-state index contributed by atoms with van der Waals surface area (Å²) in [5.74, 6) is 0.934. The van der Waals surface area contributed by atoms with Crippen molar-refractivity contribution in [3.8, 4) is 0 Å². The van der Waals surface area contributed by atoms with E-state index < -0.39 is 0 Å². The Morgan fingerprint density at radius 2 is 2.15 bits per heavy atom. The molecule has 0 bridgehead atoms. The molecule has 2 heterocycles. The summed E-state index contributed by atoms with van der Waals surface area (Å²) in [6, 6.07) is 0.840. The summed E-state index contributed by atoms with van der Waals surface area (Å²) in [7, 11) is 0. The van der Waals surface area contributed by atoms with Gasteiger partial charge in [-0.25, -0.2) is 0 Å². The van der Waals surface area contributed by atoms with Crippen LogP contribution in [0.25, 0.3) is 0 Å². The molecule has 0 radical (unpaired) electrons. The zero-order chi connectivity index (χ0) is 9.10. The van der Waals surface area contributed by atoms with E-state index in [1.54, 1.807) is 0 Å². The lowest BCUT2D eigenvalue weighted by atomic mass is 10.1. The van der Waals surface area contributed by atoms with E-state index in [1.807, 2.05) is 0 Å². The summed E-state index contributed by atoms with van der Waals surface area (Å²) >= 11 is 0. The Bertz CT molecular complexity index is 150. The van der Waals surface area contributed by atoms with Crippen molar-refractivity contribution in [1.29, 1.82) is 0 Å². The Morgan fingerprint density at radius 1 is 1.23 bits per heavy atom. The maximum Gasteiger partial charge on any atom is 0.0220 e. The Labute approximate surface area is 81.7 Å². The number of nitrogens with zero attached hydrogens (tertiary/aromatic N) is 1. The molecule has 0 aromatic carbocycles. The molecule has 0 aromatic rings. The van der Waals surface area contributed by atoms with E-state index in [4.69, 9.17) is 0 Å². The fourth-order valence-corrected chi connectivity index (χ4v) is 2.61. The van der Waals surface area contributed by atoms with Gasteiger partial charge in [-0.2, -0.15) is 0 Å². The Morgan fingerprint density at radius 3 is 2.92 bits per heavy atom. The van der Waals surface area contributed by atoms with Crippen molar-refractivity contribution in [3.05, 3.63) is 0 Å². The molecule has 0 spiro atoms. The second kappa shape index (κ2) is 4.43. The standard InChI is InChI=1S/C11H22N2/c1-10-5-7-13(9-10)11-4-2-3-6-12-8-11/h10-12H,2-9H2,1H3. The zero-order valence-electron chi connectivity index (χ0n) is 8.76. The van der Waals surface area contributed by atoms with Crippen LogP contribution in [0.2, 0.25) is 0 Å². The van der Waals surface area contributed by atoms with Crippen molar-refractivity contribution in [1.82, 2.24) is 10.2 Å². The zero-order valence-corrected chi connectivity index (χ0v) is 8.76. The van der Waals surface area contributed by atoms with Gasteiger partial charge in [0.2, 0.25) is 0 Å². The highest BCUT2D eigenvalue weighted by Crippen LogP contribution is 2.20. The maximum atomic E-state index is 3.55. The van der Waals surface area contributed by atoms with Gasteiger partial charge in [-0.05, 0) is 38.3 Å². The molecule has 0 aromatic heterocycles. The quantitative estimate of drug-likeness (QED) is 0.660. The third-order valence-corrected chi connectivity index (χ3v) is 3.49. The lowest BCUT2D eigenvalue weighted by molar-refractivity contribution is 0.224. The third kappa shape index (κ3) is 2.44. The van der Waals surface area contributed by atoms with E-state index in [2.05, 4.69) is 17.1 Å². The Kier molecular flexibility index (Phi) is 3.23. The summed E-state index contributed by atoms with van der Waals surface area (Å²) < 4.78 is 0. The van der Waals surface area contributed by atoms with E-state index in [-0.39, 0.29) is 0 Å². The molecule has 2 saturated heterocycles. The predicted octanol–water partition coefficient (Wildman–Crippen LogP) is 1.47. The van der Waals surface area contributed by atoms with Gasteiger partial charge in [-0.15, -0.1) is 0 Å². The molecule has 0 saturated carbocycles. The summed E-state index contributed by atoms with van der Waals surface area (Å²) in [6.07, 6.45) is 5.62. The number of likely N-dealkylation sites (tertiary alicyclic amines) is 1. The van der Waals surface area contributed by atoms with Crippen LogP contribution in [-0.2, 0) is 0 Å². The average molecular weight is 182 g/mol. The SMILES string of the molecule is CC1CCN(C2CCCCNC2)C1. The van der Waals surface area contributed by atoms with Crippen molar-refractivity contribution in [2.24, 2.45) is 5.92 Å². The van der Waals surface area contributed by atoms with E-state index in [1.165, 1.54) is 51.9 Å². The third-order valence-electron chi connectivity index (χ3n) is 3.49. The maximum absolute atomic E-state index is 3.55. The first-order valence-corrected chi connectivity index (χ1v) is 5.81. The summed E-state index contributed by atoms with van der Waals surface area (Å²) in [5, 5.41) is 3.55. The van der Waals surface area contributed by atoms with Gasteiger partial charge in [0.05, 0.1) is 0 Å². The molecule has 2 atom stereocenters. The van der Waals surface area contributed by atoms with E-state index in [0.29, 0.717) is 0 Å². The highest BCUT2D eigenvalue weighted by molar-refractivity contribution is 4.82. The van der Waals surface area contributed by atoms with Crippen LogP contribution in [0.4, 0.5) is 0 Å². The van der Waals surface area contributed by atoms with Gasteiger partial charge in [0, 0.05) is 19.1 Å². The van der Waals surface area contributed by atoms with Crippen LogP contribution >= 0.6 is 0 Å². The topological polar surface area (TPSA) is 15.3 Å². The molecule has 13 heavy (non-hydrogen) atoms. The van der Waals surface area contributed by atoms with Gasteiger partial charge in [0.1, 0.15) is 0 Å². The number of rotatable bonds is 1. The van der Waals surface area contributed by atoms with Gasteiger partial charge >= 0.3 is 0 Å². The van der Waals surface area contributed by atoms with E-state index in [0.717, 1.165) is 12.0 Å². The summed E-state index contributed by atoms with van der Waals surface area (Å²) in [4.78, 5) is 2.70. The second-order valence-electron chi connectivity index (χ2n) is 4.74. The number of hydrogen-bond acceptors (Lipinski definition) is 2. The monoisotopic (exact) mass is 182 g/mol. The van der Waals surface area contributed by atoms with Crippen LogP contribution in [0.5, 0.6) is 0 Å². The highest BCUT2D eigenvalue weighted by atomic mass is 15.2. The van der Waals surface area contributed by atoms with Crippen molar-refractivity contribution in [3.63, 3.8) is 0 Å². The molecule has 2 nitrogen and oxygen atoms in total.